The molecular weight excluding hydrogens is 228 g/mol. The average molecular weight is 246 g/mol. The monoisotopic (exact) mass is 246 g/mol. The first-order valence-electron chi connectivity index (χ1n) is 6.06. The number of rotatable bonds is 2. The number of hydrogen-bond donors (Lipinski definition) is 1. The molecule has 0 amide bonds. The fourth-order valence-corrected chi connectivity index (χ4v) is 2.51. The lowest BCUT2D eigenvalue weighted by Crippen LogP contribution is -2.23. The van der Waals surface area contributed by atoms with Gasteiger partial charge in [0.2, 0.25) is 0 Å². The van der Waals surface area contributed by atoms with Gasteiger partial charge in [-0.3, -0.25) is 0 Å². The molecule has 1 aliphatic carbocycles. The van der Waals surface area contributed by atoms with E-state index in [4.69, 9.17) is 9.84 Å². The molecule has 0 saturated heterocycles. The Balaban J connectivity index is 2.58. The number of allylic oxidation sites excluding steroid dienone is 1. The summed E-state index contributed by atoms with van der Waals surface area (Å²) >= 11 is 0. The largest absolute Gasteiger partial charge is 0.497 e. The van der Waals surface area contributed by atoms with Gasteiger partial charge in [0.1, 0.15) is 5.75 Å². The SMILES string of the molecule is COc1ccc2c(c1)C(C)(C)CC/C2=C\C(=O)O. The summed E-state index contributed by atoms with van der Waals surface area (Å²) in [4.78, 5) is 10.9. The van der Waals surface area contributed by atoms with Gasteiger partial charge in [-0.15, -0.1) is 0 Å². The van der Waals surface area contributed by atoms with Crippen LogP contribution in [0.3, 0.4) is 0 Å². The molecule has 0 spiro atoms. The van der Waals surface area contributed by atoms with Crippen molar-refractivity contribution in [3.63, 3.8) is 0 Å². The fourth-order valence-electron chi connectivity index (χ4n) is 2.51. The van der Waals surface area contributed by atoms with Gasteiger partial charge in [0.25, 0.3) is 0 Å². The zero-order valence-electron chi connectivity index (χ0n) is 11.0. The second-order valence-electron chi connectivity index (χ2n) is 5.30. The van der Waals surface area contributed by atoms with Crippen molar-refractivity contribution in [3.05, 3.63) is 35.4 Å². The molecule has 0 radical (unpaired) electrons. The summed E-state index contributed by atoms with van der Waals surface area (Å²) in [5.41, 5.74) is 3.16. The molecule has 0 saturated carbocycles. The van der Waals surface area contributed by atoms with Gasteiger partial charge in [-0.1, -0.05) is 19.9 Å². The van der Waals surface area contributed by atoms with Crippen molar-refractivity contribution < 1.29 is 14.6 Å². The van der Waals surface area contributed by atoms with E-state index in [0.29, 0.717) is 0 Å². The van der Waals surface area contributed by atoms with E-state index in [9.17, 15) is 4.79 Å². The van der Waals surface area contributed by atoms with E-state index >= 15 is 0 Å². The highest BCUT2D eigenvalue weighted by Crippen LogP contribution is 2.43. The van der Waals surface area contributed by atoms with Crippen LogP contribution in [-0.2, 0) is 10.2 Å². The second-order valence-corrected chi connectivity index (χ2v) is 5.30. The van der Waals surface area contributed by atoms with Crippen LogP contribution in [-0.4, -0.2) is 18.2 Å². The molecule has 1 aliphatic rings. The summed E-state index contributed by atoms with van der Waals surface area (Å²) in [6.45, 7) is 4.37. The van der Waals surface area contributed by atoms with E-state index in [1.165, 1.54) is 11.6 Å². The molecule has 0 bridgehead atoms. The predicted octanol–water partition coefficient (Wildman–Crippen LogP) is 3.23. The van der Waals surface area contributed by atoms with E-state index < -0.39 is 5.97 Å². The molecule has 0 atom stereocenters. The number of hydrogen-bond acceptors (Lipinski definition) is 2. The Hall–Kier alpha value is -1.77. The molecule has 0 heterocycles. The van der Waals surface area contributed by atoms with E-state index in [2.05, 4.69) is 13.8 Å². The van der Waals surface area contributed by atoms with Crippen LogP contribution in [0.25, 0.3) is 5.57 Å². The van der Waals surface area contributed by atoms with Crippen molar-refractivity contribution in [1.29, 1.82) is 0 Å². The molecular formula is C15H18O3. The van der Waals surface area contributed by atoms with Gasteiger partial charge in [-0.05, 0) is 47.1 Å². The van der Waals surface area contributed by atoms with E-state index in [1.54, 1.807) is 7.11 Å². The molecule has 0 aliphatic heterocycles. The molecule has 3 heteroatoms. The lowest BCUT2D eigenvalue weighted by atomic mass is 9.71. The minimum absolute atomic E-state index is 0.0553. The maximum Gasteiger partial charge on any atom is 0.328 e. The van der Waals surface area contributed by atoms with Crippen LogP contribution in [0.5, 0.6) is 5.75 Å². The standard InChI is InChI=1S/C15H18O3/c1-15(2)7-6-10(8-14(16)17)12-5-4-11(18-3)9-13(12)15/h4-5,8-9H,6-7H2,1-3H3,(H,16,17)/b10-8+. The minimum Gasteiger partial charge on any atom is -0.497 e. The molecule has 1 N–H and O–H groups in total. The first kappa shape index (κ1) is 12.7. The van der Waals surface area contributed by atoms with Crippen molar-refractivity contribution >= 4 is 11.5 Å². The second kappa shape index (κ2) is 4.48. The maximum atomic E-state index is 10.9. The van der Waals surface area contributed by atoms with Crippen LogP contribution in [0.2, 0.25) is 0 Å². The number of benzene rings is 1. The lowest BCUT2D eigenvalue weighted by molar-refractivity contribution is -0.131. The summed E-state index contributed by atoms with van der Waals surface area (Å²) < 4.78 is 5.25. The van der Waals surface area contributed by atoms with Crippen molar-refractivity contribution in [2.24, 2.45) is 0 Å². The number of ether oxygens (including phenoxy) is 1. The summed E-state index contributed by atoms with van der Waals surface area (Å²) in [6.07, 6.45) is 3.07. The van der Waals surface area contributed by atoms with Crippen molar-refractivity contribution in [2.75, 3.05) is 7.11 Å². The lowest BCUT2D eigenvalue weighted by Gasteiger charge is -2.34. The summed E-state index contributed by atoms with van der Waals surface area (Å²) in [6, 6.07) is 5.87. The van der Waals surface area contributed by atoms with Crippen LogP contribution in [0.15, 0.2) is 24.3 Å². The minimum atomic E-state index is -0.883. The van der Waals surface area contributed by atoms with Crippen molar-refractivity contribution in [3.8, 4) is 5.75 Å². The number of aliphatic carboxylic acids is 1. The summed E-state index contributed by atoms with van der Waals surface area (Å²) in [5, 5.41) is 8.92. The number of carboxylic acids is 1. The van der Waals surface area contributed by atoms with E-state index in [-0.39, 0.29) is 5.41 Å². The Kier molecular flexibility index (Phi) is 3.16. The molecule has 1 aromatic carbocycles. The van der Waals surface area contributed by atoms with Gasteiger partial charge in [0.15, 0.2) is 0 Å². The maximum absolute atomic E-state index is 10.9. The average Bonchev–Trinajstić information content (AvgIpc) is 2.32. The van der Waals surface area contributed by atoms with Crippen molar-refractivity contribution in [2.45, 2.75) is 32.1 Å². The molecule has 1 aromatic rings. The first-order valence-corrected chi connectivity index (χ1v) is 6.06. The van der Waals surface area contributed by atoms with Crippen molar-refractivity contribution in [1.82, 2.24) is 0 Å². The highest BCUT2D eigenvalue weighted by molar-refractivity contribution is 5.91. The zero-order chi connectivity index (χ0) is 13.3. The Labute approximate surface area is 107 Å². The van der Waals surface area contributed by atoms with Gasteiger partial charge >= 0.3 is 5.97 Å². The van der Waals surface area contributed by atoms with Crippen LogP contribution >= 0.6 is 0 Å². The molecule has 18 heavy (non-hydrogen) atoms. The Morgan fingerprint density at radius 3 is 2.78 bits per heavy atom. The highest BCUT2D eigenvalue weighted by atomic mass is 16.5. The number of carbonyl (C=O) groups is 1. The molecule has 2 rings (SSSR count). The number of fused-ring (bicyclic) bond motifs is 1. The molecule has 0 unspecified atom stereocenters. The Bertz CT molecular complexity index is 512. The van der Waals surface area contributed by atoms with Gasteiger partial charge in [-0.2, -0.15) is 0 Å². The third-order valence-electron chi connectivity index (χ3n) is 3.62. The molecule has 0 aromatic heterocycles. The quantitative estimate of drug-likeness (QED) is 0.815. The normalized spacial score (nSPS) is 19.4. The summed E-state index contributed by atoms with van der Waals surface area (Å²) in [7, 11) is 1.64. The fraction of sp³-hybridized carbons (Fsp3) is 0.400. The molecule has 3 nitrogen and oxygen atoms in total. The van der Waals surface area contributed by atoms with Gasteiger partial charge < -0.3 is 9.84 Å². The Morgan fingerprint density at radius 1 is 1.44 bits per heavy atom. The third kappa shape index (κ3) is 2.26. The smallest absolute Gasteiger partial charge is 0.328 e. The predicted molar refractivity (Wildman–Crippen MR) is 70.9 cm³/mol. The topological polar surface area (TPSA) is 46.5 Å². The van der Waals surface area contributed by atoms with Gasteiger partial charge in [0.05, 0.1) is 7.11 Å². The van der Waals surface area contributed by atoms with E-state index in [1.807, 2.05) is 18.2 Å². The summed E-state index contributed by atoms with van der Waals surface area (Å²) in [5.74, 6) is -0.0649. The van der Waals surface area contributed by atoms with Crippen LogP contribution in [0.1, 0.15) is 37.8 Å². The van der Waals surface area contributed by atoms with Gasteiger partial charge in [-0.25, -0.2) is 4.79 Å². The molecule has 96 valence electrons. The van der Waals surface area contributed by atoms with Crippen LogP contribution < -0.4 is 4.74 Å². The van der Waals surface area contributed by atoms with Crippen LogP contribution in [0.4, 0.5) is 0 Å². The highest BCUT2D eigenvalue weighted by Gasteiger charge is 2.30. The molecule has 0 fully saturated rings. The van der Waals surface area contributed by atoms with Gasteiger partial charge in [0, 0.05) is 6.08 Å². The number of methoxy groups -OCH3 is 1. The Morgan fingerprint density at radius 2 is 2.17 bits per heavy atom. The third-order valence-corrected chi connectivity index (χ3v) is 3.62. The van der Waals surface area contributed by atoms with Crippen LogP contribution in [0, 0.1) is 0 Å². The first-order chi connectivity index (χ1) is 8.44. The zero-order valence-corrected chi connectivity index (χ0v) is 11.0. The number of carboxylic acid groups (broad SMARTS) is 1. The van der Waals surface area contributed by atoms with E-state index in [0.717, 1.165) is 29.7 Å².